The van der Waals surface area contributed by atoms with Crippen molar-refractivity contribution in [3.8, 4) is 22.6 Å². The zero-order chi connectivity index (χ0) is 35.0. The van der Waals surface area contributed by atoms with E-state index in [9.17, 15) is 34.4 Å². The molecule has 2 heterocycles. The highest BCUT2D eigenvalue weighted by atomic mass is 35.5. The molecule has 0 amide bonds. The fourth-order valence-corrected chi connectivity index (χ4v) is 6.74. The number of hydrogen-bond donors (Lipinski definition) is 1. The topological polar surface area (TPSA) is 155 Å². The molecule has 19 heteroatoms. The first kappa shape index (κ1) is 34.4. The lowest BCUT2D eigenvalue weighted by molar-refractivity contribution is -0.137. The first-order valence-electron chi connectivity index (χ1n) is 13.1. The van der Waals surface area contributed by atoms with Crippen LogP contribution in [0.15, 0.2) is 95.1 Å². The molecule has 0 saturated carbocycles. The van der Waals surface area contributed by atoms with E-state index in [1.54, 1.807) is 6.92 Å². The molecule has 0 fully saturated rings. The predicted molar refractivity (Wildman–Crippen MR) is 162 cm³/mol. The number of anilines is 2. The van der Waals surface area contributed by atoms with Crippen molar-refractivity contribution in [2.75, 3.05) is 10.2 Å². The number of aryl methyl sites for hydroxylation is 1. The van der Waals surface area contributed by atoms with Gasteiger partial charge in [0, 0.05) is 17.8 Å². The molecule has 11 nitrogen and oxygen atoms in total. The van der Waals surface area contributed by atoms with Crippen LogP contribution in [0.3, 0.4) is 0 Å². The number of rotatable bonds is 9. The van der Waals surface area contributed by atoms with Gasteiger partial charge in [-0.05, 0) is 61.0 Å². The molecule has 48 heavy (non-hydrogen) atoms. The summed E-state index contributed by atoms with van der Waals surface area (Å²) in [5.74, 6) is -4.46. The van der Waals surface area contributed by atoms with Gasteiger partial charge in [0.2, 0.25) is 0 Å². The maximum atomic E-state index is 15.6. The maximum absolute atomic E-state index is 15.6. The number of nitrogen functional groups attached to an aromatic ring is 1. The first-order chi connectivity index (χ1) is 22.5. The number of pyridine rings is 1. The van der Waals surface area contributed by atoms with Crippen LogP contribution in [-0.2, 0) is 30.6 Å². The Bertz CT molecular complexity index is 2230. The summed E-state index contributed by atoms with van der Waals surface area (Å²) in [7, 11) is -10.4. The Morgan fingerprint density at radius 2 is 1.52 bits per heavy atom. The van der Waals surface area contributed by atoms with Crippen molar-refractivity contribution in [3.05, 3.63) is 113 Å². The van der Waals surface area contributed by atoms with Crippen LogP contribution in [0.5, 0.6) is 11.5 Å². The number of nitrogens with zero attached hydrogens (tertiary/aromatic N) is 4. The van der Waals surface area contributed by atoms with E-state index < -0.39 is 70.0 Å². The largest absolute Gasteiger partial charge is 0.455 e. The van der Waals surface area contributed by atoms with Crippen molar-refractivity contribution in [2.45, 2.75) is 22.9 Å². The molecule has 2 aromatic heterocycles. The van der Waals surface area contributed by atoms with E-state index in [0.29, 0.717) is 36.2 Å². The number of nitrogens with two attached hydrogens (primary N) is 1. The van der Waals surface area contributed by atoms with Crippen molar-refractivity contribution < 1.29 is 47.8 Å². The Morgan fingerprint density at radius 1 is 0.854 bits per heavy atom. The molecule has 0 spiro atoms. The maximum Gasteiger partial charge on any atom is 0.416 e. The quantitative estimate of drug-likeness (QED) is 0.128. The molecule has 0 bridgehead atoms. The van der Waals surface area contributed by atoms with Crippen molar-refractivity contribution in [1.29, 1.82) is 0 Å². The normalized spacial score (nSPS) is 12.1. The average molecular weight is 728 g/mol. The third-order valence-corrected chi connectivity index (χ3v) is 9.47. The minimum absolute atomic E-state index is 0.0317. The summed E-state index contributed by atoms with van der Waals surface area (Å²) in [6, 6.07) is 11.0. The van der Waals surface area contributed by atoms with Crippen molar-refractivity contribution in [3.63, 3.8) is 0 Å². The van der Waals surface area contributed by atoms with Crippen LogP contribution in [0.25, 0.3) is 11.1 Å². The SMILES string of the molecule is Cc1ccc(S(=O)(=O)ON(c2ncc(F)cn2)S(=O)(=O)c2cc(Cl)c(Oc3ccc(C(F)(F)F)cc3-c3ccnc(N)c3)cc2F)cc1. The van der Waals surface area contributed by atoms with Gasteiger partial charge >= 0.3 is 16.3 Å². The summed E-state index contributed by atoms with van der Waals surface area (Å²) in [5.41, 5.74) is 5.29. The zero-order valence-electron chi connectivity index (χ0n) is 24.0. The molecular formula is C29H19ClF5N5O6S2. The van der Waals surface area contributed by atoms with Gasteiger partial charge in [-0.3, -0.25) is 0 Å². The number of halogens is 6. The number of benzene rings is 3. The summed E-state index contributed by atoms with van der Waals surface area (Å²) in [5, 5.41) is -0.587. The molecule has 0 aliphatic carbocycles. The average Bonchev–Trinajstić information content (AvgIpc) is 3.01. The lowest BCUT2D eigenvalue weighted by Gasteiger charge is -2.21. The number of hydrogen-bond acceptors (Lipinski definition) is 10. The van der Waals surface area contributed by atoms with Crippen molar-refractivity contribution >= 4 is 43.5 Å². The highest BCUT2D eigenvalue weighted by molar-refractivity contribution is 7.94. The summed E-state index contributed by atoms with van der Waals surface area (Å²) >= 11 is 6.28. The molecule has 5 rings (SSSR count). The minimum Gasteiger partial charge on any atom is -0.455 e. The van der Waals surface area contributed by atoms with E-state index in [0.717, 1.165) is 24.3 Å². The first-order valence-corrected chi connectivity index (χ1v) is 16.3. The van der Waals surface area contributed by atoms with Gasteiger partial charge in [-0.15, -0.1) is 4.28 Å². The lowest BCUT2D eigenvalue weighted by Crippen LogP contribution is -2.35. The van der Waals surface area contributed by atoms with Gasteiger partial charge in [-0.25, -0.2) is 23.7 Å². The smallest absolute Gasteiger partial charge is 0.416 e. The molecule has 250 valence electrons. The lowest BCUT2D eigenvalue weighted by atomic mass is 10.0. The third-order valence-electron chi connectivity index (χ3n) is 6.35. The molecule has 5 aromatic rings. The molecule has 2 N–H and O–H groups in total. The van der Waals surface area contributed by atoms with E-state index in [2.05, 4.69) is 15.0 Å². The Labute approximate surface area is 274 Å². The van der Waals surface area contributed by atoms with Gasteiger partial charge in [0.25, 0.3) is 16.0 Å². The highest BCUT2D eigenvalue weighted by Gasteiger charge is 2.37. The number of aromatic nitrogens is 3. The predicted octanol–water partition coefficient (Wildman–Crippen LogP) is 6.69. The van der Waals surface area contributed by atoms with Crippen LogP contribution in [-0.4, -0.2) is 31.8 Å². The number of sulfonamides is 1. The molecule has 0 saturated heterocycles. The van der Waals surface area contributed by atoms with E-state index >= 15 is 4.39 Å². The summed E-state index contributed by atoms with van der Waals surface area (Å²) in [6.07, 6.45) is -2.50. The molecule has 0 unspecified atom stereocenters. The third kappa shape index (κ3) is 7.30. The van der Waals surface area contributed by atoms with Crippen LogP contribution >= 0.6 is 11.6 Å². The van der Waals surface area contributed by atoms with Gasteiger partial charge in [-0.1, -0.05) is 33.8 Å². The molecule has 3 aromatic carbocycles. The summed E-state index contributed by atoms with van der Waals surface area (Å²) in [4.78, 5) is 8.95. The van der Waals surface area contributed by atoms with Gasteiger partial charge in [0.15, 0.2) is 5.82 Å². The summed E-state index contributed by atoms with van der Waals surface area (Å²) in [6.45, 7) is 1.66. The Balaban J connectivity index is 1.57. The second-order valence-corrected chi connectivity index (χ2v) is 13.4. The van der Waals surface area contributed by atoms with Gasteiger partial charge in [0.1, 0.15) is 28.0 Å². The van der Waals surface area contributed by atoms with Crippen molar-refractivity contribution in [2.24, 2.45) is 0 Å². The fourth-order valence-electron chi connectivity index (χ4n) is 4.05. The standard InChI is InChI=1S/C29H19ClF5N5O6S2/c1-16-2-5-20(6-3-16)48(43,44)46-40(28-38-14-19(31)15-39-28)47(41,42)26-12-22(30)25(13-23(26)32)45-24-7-4-18(29(33,34)35)11-21(24)17-8-9-37-27(36)10-17/h2-15H,1H3,(H2,36,37). The Morgan fingerprint density at radius 3 is 2.15 bits per heavy atom. The molecule has 0 aliphatic rings. The van der Waals surface area contributed by atoms with Crippen LogP contribution in [0.2, 0.25) is 5.02 Å². The fraction of sp³-hybridized carbons (Fsp3) is 0.0690. The second kappa shape index (κ2) is 12.9. The van der Waals surface area contributed by atoms with E-state index in [1.807, 2.05) is 0 Å². The second-order valence-electron chi connectivity index (χ2n) is 9.77. The number of ether oxygens (including phenoxy) is 1. The van der Waals surface area contributed by atoms with Gasteiger partial charge < -0.3 is 10.5 Å². The molecule has 0 radical (unpaired) electrons. The van der Waals surface area contributed by atoms with E-state index in [-0.39, 0.29) is 27.2 Å². The van der Waals surface area contributed by atoms with Crippen molar-refractivity contribution in [1.82, 2.24) is 15.0 Å². The number of alkyl halides is 3. The van der Waals surface area contributed by atoms with Crippen LogP contribution in [0.1, 0.15) is 11.1 Å². The van der Waals surface area contributed by atoms with Crippen LogP contribution in [0, 0.1) is 18.6 Å². The minimum atomic E-state index is -5.41. The monoisotopic (exact) mass is 727 g/mol. The van der Waals surface area contributed by atoms with E-state index in [1.165, 1.54) is 30.5 Å². The van der Waals surface area contributed by atoms with Crippen LogP contribution in [0.4, 0.5) is 33.7 Å². The molecular weight excluding hydrogens is 709 g/mol. The molecule has 0 atom stereocenters. The van der Waals surface area contributed by atoms with Gasteiger partial charge in [-0.2, -0.15) is 30.0 Å². The highest BCUT2D eigenvalue weighted by Crippen LogP contribution is 2.42. The van der Waals surface area contributed by atoms with Crippen LogP contribution < -0.4 is 14.9 Å². The Kier molecular flexibility index (Phi) is 9.28. The Hall–Kier alpha value is -4.91. The molecule has 0 aliphatic heterocycles. The zero-order valence-corrected chi connectivity index (χ0v) is 26.4. The van der Waals surface area contributed by atoms with Gasteiger partial charge in [0.05, 0.1) is 27.9 Å². The van der Waals surface area contributed by atoms with E-state index in [4.69, 9.17) is 26.4 Å². The summed E-state index contributed by atoms with van der Waals surface area (Å²) < 4.78 is 134.